The molecule has 1 aromatic heterocycles. The van der Waals surface area contributed by atoms with E-state index in [4.69, 9.17) is 0 Å². The van der Waals surface area contributed by atoms with Crippen molar-refractivity contribution in [2.24, 2.45) is 0 Å². The van der Waals surface area contributed by atoms with Crippen LogP contribution in [0.2, 0.25) is 0 Å². The minimum Gasteiger partial charge on any atom is -0.366 e. The Bertz CT molecular complexity index is 473. The van der Waals surface area contributed by atoms with Crippen molar-refractivity contribution in [2.75, 3.05) is 33.5 Å². The molecule has 1 amide bonds. The average Bonchev–Trinajstić information content (AvgIpc) is 2.86. The average molecular weight is 276 g/mol. The second-order valence-corrected chi connectivity index (χ2v) is 5.82. The van der Waals surface area contributed by atoms with Crippen LogP contribution < -0.4 is 5.32 Å². The van der Waals surface area contributed by atoms with Gasteiger partial charge in [0, 0.05) is 26.2 Å². The molecule has 110 valence electrons. The fourth-order valence-electron chi connectivity index (χ4n) is 2.78. The Hall–Kier alpha value is -1.62. The van der Waals surface area contributed by atoms with Gasteiger partial charge in [0.25, 0.3) is 5.91 Å². The highest BCUT2D eigenvalue weighted by molar-refractivity contribution is 5.92. The predicted octanol–water partition coefficient (Wildman–Crippen LogP) is 1.68. The van der Waals surface area contributed by atoms with Gasteiger partial charge in [0.2, 0.25) is 0 Å². The first-order valence-electron chi connectivity index (χ1n) is 7.10. The lowest BCUT2D eigenvalue weighted by Crippen LogP contribution is -2.39. The molecular formula is C15H24N4O. The molecule has 0 unspecified atom stereocenters. The number of pyridine rings is 1. The number of carbonyl (C=O) groups excluding carboxylic acids is 1. The van der Waals surface area contributed by atoms with E-state index in [0.29, 0.717) is 17.8 Å². The van der Waals surface area contributed by atoms with Crippen LogP contribution in [0.5, 0.6) is 0 Å². The van der Waals surface area contributed by atoms with Crippen LogP contribution >= 0.6 is 0 Å². The summed E-state index contributed by atoms with van der Waals surface area (Å²) < 4.78 is 0. The third kappa shape index (κ3) is 3.28. The summed E-state index contributed by atoms with van der Waals surface area (Å²) in [6.45, 7) is 0. The number of rotatable bonds is 4. The molecule has 0 aromatic carbocycles. The standard InChI is InChI=1S/C15H24N4O/c1-18(2)13-9-5-7-11(13)16-14-10-6-8-12(17-14)15(20)19(3)4/h6,8,10-11,13H,5,7,9H2,1-4H3,(H,16,17)/t11-,13-/m1/s1. The summed E-state index contributed by atoms with van der Waals surface area (Å²) in [5.41, 5.74) is 0.486. The van der Waals surface area contributed by atoms with Crippen molar-refractivity contribution >= 4 is 11.7 Å². The minimum atomic E-state index is -0.0655. The fourth-order valence-corrected chi connectivity index (χ4v) is 2.78. The van der Waals surface area contributed by atoms with Crippen molar-refractivity contribution in [3.8, 4) is 0 Å². The van der Waals surface area contributed by atoms with Crippen molar-refractivity contribution in [3.63, 3.8) is 0 Å². The van der Waals surface area contributed by atoms with Gasteiger partial charge >= 0.3 is 0 Å². The Labute approximate surface area is 121 Å². The fraction of sp³-hybridized carbons (Fsp3) is 0.600. The molecule has 1 saturated carbocycles. The molecule has 5 nitrogen and oxygen atoms in total. The lowest BCUT2D eigenvalue weighted by Gasteiger charge is -2.27. The number of likely N-dealkylation sites (N-methyl/N-ethyl adjacent to an activating group) is 1. The number of nitrogens with one attached hydrogen (secondary N) is 1. The van der Waals surface area contributed by atoms with Crippen molar-refractivity contribution < 1.29 is 4.79 Å². The molecule has 20 heavy (non-hydrogen) atoms. The summed E-state index contributed by atoms with van der Waals surface area (Å²) in [5.74, 6) is 0.723. The SMILES string of the molecule is CN(C)C(=O)c1cccc(N[C@@H]2CCC[C@H]2N(C)C)n1. The van der Waals surface area contributed by atoms with E-state index >= 15 is 0 Å². The number of amides is 1. The molecular weight excluding hydrogens is 252 g/mol. The van der Waals surface area contributed by atoms with E-state index in [0.717, 1.165) is 12.2 Å². The Morgan fingerprint density at radius 1 is 1.25 bits per heavy atom. The van der Waals surface area contributed by atoms with Gasteiger partial charge in [-0.3, -0.25) is 4.79 Å². The van der Waals surface area contributed by atoms with E-state index in [9.17, 15) is 4.79 Å². The zero-order chi connectivity index (χ0) is 14.7. The first-order valence-corrected chi connectivity index (χ1v) is 7.10. The van der Waals surface area contributed by atoms with Crippen molar-refractivity contribution in [1.82, 2.24) is 14.8 Å². The maximum Gasteiger partial charge on any atom is 0.272 e. The first-order chi connectivity index (χ1) is 9.49. The van der Waals surface area contributed by atoms with Crippen LogP contribution in [0.25, 0.3) is 0 Å². The van der Waals surface area contributed by atoms with Gasteiger partial charge in [0.1, 0.15) is 11.5 Å². The summed E-state index contributed by atoms with van der Waals surface area (Å²) in [5, 5.41) is 3.48. The molecule has 0 radical (unpaired) electrons. The minimum absolute atomic E-state index is 0.0655. The molecule has 1 aliphatic rings. The van der Waals surface area contributed by atoms with Gasteiger partial charge in [-0.05, 0) is 45.5 Å². The quantitative estimate of drug-likeness (QED) is 0.909. The second kappa shape index (κ2) is 6.22. The number of carbonyl (C=O) groups is 1. The van der Waals surface area contributed by atoms with Crippen molar-refractivity contribution in [3.05, 3.63) is 23.9 Å². The molecule has 2 atom stereocenters. The molecule has 1 heterocycles. The number of hydrogen-bond acceptors (Lipinski definition) is 4. The van der Waals surface area contributed by atoms with Gasteiger partial charge in [-0.15, -0.1) is 0 Å². The molecule has 1 fully saturated rings. The van der Waals surface area contributed by atoms with Crippen LogP contribution in [0.3, 0.4) is 0 Å². The normalized spacial score (nSPS) is 22.1. The van der Waals surface area contributed by atoms with Gasteiger partial charge in [0.15, 0.2) is 0 Å². The van der Waals surface area contributed by atoms with E-state index < -0.39 is 0 Å². The van der Waals surface area contributed by atoms with Crippen LogP contribution in [0.15, 0.2) is 18.2 Å². The Morgan fingerprint density at radius 3 is 2.65 bits per heavy atom. The second-order valence-electron chi connectivity index (χ2n) is 5.82. The number of anilines is 1. The summed E-state index contributed by atoms with van der Waals surface area (Å²) >= 11 is 0. The lowest BCUT2D eigenvalue weighted by molar-refractivity contribution is 0.0822. The predicted molar refractivity (Wildman–Crippen MR) is 81.0 cm³/mol. The Morgan fingerprint density at radius 2 is 2.00 bits per heavy atom. The van der Waals surface area contributed by atoms with Crippen LogP contribution in [-0.2, 0) is 0 Å². The molecule has 5 heteroatoms. The first kappa shape index (κ1) is 14.8. The highest BCUT2D eigenvalue weighted by atomic mass is 16.2. The summed E-state index contributed by atoms with van der Waals surface area (Å²) in [7, 11) is 7.71. The largest absolute Gasteiger partial charge is 0.366 e. The van der Waals surface area contributed by atoms with E-state index in [2.05, 4.69) is 29.3 Å². The molecule has 1 N–H and O–H groups in total. The van der Waals surface area contributed by atoms with Crippen LogP contribution in [0.1, 0.15) is 29.8 Å². The molecule has 0 saturated heterocycles. The highest BCUT2D eigenvalue weighted by Crippen LogP contribution is 2.25. The summed E-state index contributed by atoms with van der Waals surface area (Å²) in [6, 6.07) is 6.50. The van der Waals surface area contributed by atoms with Crippen LogP contribution in [0, 0.1) is 0 Å². The van der Waals surface area contributed by atoms with Crippen molar-refractivity contribution in [1.29, 1.82) is 0 Å². The zero-order valence-electron chi connectivity index (χ0n) is 12.8. The molecule has 0 aliphatic heterocycles. The summed E-state index contributed by atoms with van der Waals surface area (Å²) in [4.78, 5) is 20.2. The number of nitrogens with zero attached hydrogens (tertiary/aromatic N) is 3. The summed E-state index contributed by atoms with van der Waals surface area (Å²) in [6.07, 6.45) is 3.59. The van der Waals surface area contributed by atoms with Gasteiger partial charge in [0.05, 0.1) is 0 Å². The van der Waals surface area contributed by atoms with Gasteiger partial charge < -0.3 is 15.1 Å². The van der Waals surface area contributed by atoms with E-state index in [-0.39, 0.29) is 5.91 Å². The zero-order valence-corrected chi connectivity index (χ0v) is 12.8. The third-order valence-electron chi connectivity index (χ3n) is 3.85. The van der Waals surface area contributed by atoms with Crippen LogP contribution in [-0.4, -0.2) is 61.0 Å². The number of hydrogen-bond donors (Lipinski definition) is 1. The number of aromatic nitrogens is 1. The van der Waals surface area contributed by atoms with Gasteiger partial charge in [-0.2, -0.15) is 0 Å². The molecule has 1 aromatic rings. The Balaban J connectivity index is 2.10. The van der Waals surface area contributed by atoms with Gasteiger partial charge in [-0.1, -0.05) is 6.07 Å². The van der Waals surface area contributed by atoms with E-state index in [1.807, 2.05) is 12.1 Å². The van der Waals surface area contributed by atoms with E-state index in [1.165, 1.54) is 12.8 Å². The maximum absolute atomic E-state index is 11.9. The van der Waals surface area contributed by atoms with E-state index in [1.54, 1.807) is 25.1 Å². The van der Waals surface area contributed by atoms with Crippen LogP contribution in [0.4, 0.5) is 5.82 Å². The van der Waals surface area contributed by atoms with Crippen molar-refractivity contribution in [2.45, 2.75) is 31.3 Å². The van der Waals surface area contributed by atoms with Gasteiger partial charge in [-0.25, -0.2) is 4.98 Å². The molecule has 0 spiro atoms. The molecule has 2 rings (SSSR count). The third-order valence-corrected chi connectivity index (χ3v) is 3.85. The maximum atomic E-state index is 11.9. The monoisotopic (exact) mass is 276 g/mol. The topological polar surface area (TPSA) is 48.5 Å². The highest BCUT2D eigenvalue weighted by Gasteiger charge is 2.29. The smallest absolute Gasteiger partial charge is 0.272 e. The Kier molecular flexibility index (Phi) is 4.60. The molecule has 0 bridgehead atoms. The molecule has 1 aliphatic carbocycles. The lowest BCUT2D eigenvalue weighted by atomic mass is 10.1.